The average molecular weight is 247 g/mol. The summed E-state index contributed by atoms with van der Waals surface area (Å²) < 4.78 is 18.7. The zero-order valence-electron chi connectivity index (χ0n) is 10.7. The molecule has 18 heavy (non-hydrogen) atoms. The third kappa shape index (κ3) is 3.20. The third-order valence-corrected chi connectivity index (χ3v) is 2.98. The number of hydrogen-bond donors (Lipinski definition) is 1. The molecule has 1 heterocycles. The summed E-state index contributed by atoms with van der Waals surface area (Å²) in [5.74, 6) is 1.62. The van der Waals surface area contributed by atoms with Crippen LogP contribution in [0.25, 0.3) is 0 Å². The van der Waals surface area contributed by atoms with Crippen LogP contribution >= 0.6 is 0 Å². The van der Waals surface area contributed by atoms with Gasteiger partial charge in [-0.2, -0.15) is 0 Å². The van der Waals surface area contributed by atoms with Crippen molar-refractivity contribution in [2.45, 2.75) is 32.9 Å². The summed E-state index contributed by atoms with van der Waals surface area (Å²) >= 11 is 0. The Hall–Kier alpha value is -1.61. The Balaban J connectivity index is 2.01. The van der Waals surface area contributed by atoms with E-state index in [0.29, 0.717) is 6.54 Å². The molecular formula is C15H18FNO. The highest BCUT2D eigenvalue weighted by Crippen LogP contribution is 2.18. The highest BCUT2D eigenvalue weighted by atomic mass is 19.1. The summed E-state index contributed by atoms with van der Waals surface area (Å²) in [6, 6.07) is 10.8. The van der Waals surface area contributed by atoms with Gasteiger partial charge in [0.2, 0.25) is 0 Å². The van der Waals surface area contributed by atoms with E-state index in [0.717, 1.165) is 23.5 Å². The first kappa shape index (κ1) is 12.8. The predicted molar refractivity (Wildman–Crippen MR) is 69.7 cm³/mol. The number of halogens is 1. The van der Waals surface area contributed by atoms with E-state index in [4.69, 9.17) is 4.42 Å². The first-order valence-electron chi connectivity index (χ1n) is 6.23. The monoisotopic (exact) mass is 247 g/mol. The van der Waals surface area contributed by atoms with Gasteiger partial charge in [0.25, 0.3) is 0 Å². The van der Waals surface area contributed by atoms with Gasteiger partial charge in [0.15, 0.2) is 0 Å². The van der Waals surface area contributed by atoms with Crippen LogP contribution in [0.4, 0.5) is 4.39 Å². The van der Waals surface area contributed by atoms with Gasteiger partial charge < -0.3 is 9.73 Å². The molecule has 1 atom stereocenters. The van der Waals surface area contributed by atoms with E-state index in [1.807, 2.05) is 25.1 Å². The second kappa shape index (κ2) is 5.83. The number of furan rings is 1. The van der Waals surface area contributed by atoms with Crippen LogP contribution in [-0.4, -0.2) is 0 Å². The van der Waals surface area contributed by atoms with E-state index in [2.05, 4.69) is 12.2 Å². The summed E-state index contributed by atoms with van der Waals surface area (Å²) in [7, 11) is 0. The molecule has 0 radical (unpaired) electrons. The molecule has 1 aromatic carbocycles. The Kier molecular flexibility index (Phi) is 4.15. The molecule has 0 aliphatic rings. The molecule has 2 aromatic rings. The molecule has 3 heteroatoms. The molecule has 0 aliphatic heterocycles. The molecule has 0 fully saturated rings. The number of rotatable bonds is 5. The SMILES string of the molecule is CCC(NCc1ccc(C)o1)c1cccc(F)c1. The van der Waals surface area contributed by atoms with E-state index in [1.165, 1.54) is 6.07 Å². The number of hydrogen-bond acceptors (Lipinski definition) is 2. The fraction of sp³-hybridized carbons (Fsp3) is 0.333. The lowest BCUT2D eigenvalue weighted by Gasteiger charge is -2.16. The Labute approximate surface area is 107 Å². The van der Waals surface area contributed by atoms with Gasteiger partial charge in [0, 0.05) is 6.04 Å². The fourth-order valence-corrected chi connectivity index (χ4v) is 2.03. The Bertz CT molecular complexity index is 507. The summed E-state index contributed by atoms with van der Waals surface area (Å²) in [4.78, 5) is 0. The largest absolute Gasteiger partial charge is 0.465 e. The molecule has 0 aliphatic carbocycles. The lowest BCUT2D eigenvalue weighted by molar-refractivity contribution is 0.430. The number of nitrogens with one attached hydrogen (secondary N) is 1. The molecular weight excluding hydrogens is 229 g/mol. The minimum absolute atomic E-state index is 0.145. The molecule has 2 rings (SSSR count). The fourth-order valence-electron chi connectivity index (χ4n) is 2.03. The molecule has 1 unspecified atom stereocenters. The van der Waals surface area contributed by atoms with Gasteiger partial charge in [-0.3, -0.25) is 0 Å². The van der Waals surface area contributed by atoms with Crippen LogP contribution in [0, 0.1) is 12.7 Å². The van der Waals surface area contributed by atoms with Crippen molar-refractivity contribution >= 4 is 0 Å². The number of benzene rings is 1. The van der Waals surface area contributed by atoms with Crippen molar-refractivity contribution in [2.24, 2.45) is 0 Å². The van der Waals surface area contributed by atoms with E-state index in [1.54, 1.807) is 12.1 Å². The van der Waals surface area contributed by atoms with Crippen molar-refractivity contribution in [3.8, 4) is 0 Å². The molecule has 2 nitrogen and oxygen atoms in total. The molecule has 0 saturated carbocycles. The second-order valence-electron chi connectivity index (χ2n) is 4.41. The van der Waals surface area contributed by atoms with Gasteiger partial charge in [-0.25, -0.2) is 4.39 Å². The molecule has 0 amide bonds. The highest BCUT2D eigenvalue weighted by Gasteiger charge is 2.10. The van der Waals surface area contributed by atoms with Crippen molar-refractivity contribution in [3.63, 3.8) is 0 Å². The highest BCUT2D eigenvalue weighted by molar-refractivity contribution is 5.20. The van der Waals surface area contributed by atoms with Crippen LogP contribution in [0.3, 0.4) is 0 Å². The predicted octanol–water partition coefficient (Wildman–Crippen LogP) is 3.97. The molecule has 0 saturated heterocycles. The van der Waals surface area contributed by atoms with Crippen LogP contribution in [0.5, 0.6) is 0 Å². The first-order chi connectivity index (χ1) is 8.69. The maximum Gasteiger partial charge on any atom is 0.123 e. The van der Waals surface area contributed by atoms with Crippen LogP contribution < -0.4 is 5.32 Å². The Morgan fingerprint density at radius 2 is 2.11 bits per heavy atom. The normalized spacial score (nSPS) is 12.6. The van der Waals surface area contributed by atoms with E-state index in [9.17, 15) is 4.39 Å². The van der Waals surface area contributed by atoms with Gasteiger partial charge in [-0.05, 0) is 43.2 Å². The van der Waals surface area contributed by atoms with Crippen molar-refractivity contribution < 1.29 is 8.81 Å². The lowest BCUT2D eigenvalue weighted by atomic mass is 10.0. The van der Waals surface area contributed by atoms with Crippen molar-refractivity contribution in [3.05, 3.63) is 59.3 Å². The summed E-state index contributed by atoms with van der Waals surface area (Å²) in [5.41, 5.74) is 0.973. The van der Waals surface area contributed by atoms with Crippen LogP contribution in [0.2, 0.25) is 0 Å². The van der Waals surface area contributed by atoms with Gasteiger partial charge in [0.1, 0.15) is 17.3 Å². The minimum Gasteiger partial charge on any atom is -0.465 e. The van der Waals surface area contributed by atoms with E-state index < -0.39 is 0 Å². The molecule has 1 N–H and O–H groups in total. The van der Waals surface area contributed by atoms with Gasteiger partial charge >= 0.3 is 0 Å². The number of aryl methyl sites for hydroxylation is 1. The Morgan fingerprint density at radius 1 is 1.28 bits per heavy atom. The summed E-state index contributed by atoms with van der Waals surface area (Å²) in [5, 5.41) is 3.38. The van der Waals surface area contributed by atoms with E-state index in [-0.39, 0.29) is 11.9 Å². The van der Waals surface area contributed by atoms with Gasteiger partial charge in [0.05, 0.1) is 6.54 Å². The van der Waals surface area contributed by atoms with Crippen LogP contribution in [0.15, 0.2) is 40.8 Å². The quantitative estimate of drug-likeness (QED) is 0.864. The zero-order chi connectivity index (χ0) is 13.0. The molecule has 96 valence electrons. The first-order valence-corrected chi connectivity index (χ1v) is 6.23. The smallest absolute Gasteiger partial charge is 0.123 e. The molecule has 0 spiro atoms. The van der Waals surface area contributed by atoms with Crippen molar-refractivity contribution in [1.82, 2.24) is 5.32 Å². The Morgan fingerprint density at radius 3 is 2.72 bits per heavy atom. The molecule has 0 bridgehead atoms. The lowest BCUT2D eigenvalue weighted by Crippen LogP contribution is -2.20. The van der Waals surface area contributed by atoms with Crippen LogP contribution in [0.1, 0.15) is 36.5 Å². The van der Waals surface area contributed by atoms with Gasteiger partial charge in [-0.15, -0.1) is 0 Å². The maximum absolute atomic E-state index is 13.2. The second-order valence-corrected chi connectivity index (χ2v) is 4.41. The van der Waals surface area contributed by atoms with E-state index >= 15 is 0 Å². The average Bonchev–Trinajstić information content (AvgIpc) is 2.76. The van der Waals surface area contributed by atoms with Crippen LogP contribution in [-0.2, 0) is 6.54 Å². The minimum atomic E-state index is -0.193. The summed E-state index contributed by atoms with van der Waals surface area (Å²) in [6.07, 6.45) is 0.906. The van der Waals surface area contributed by atoms with Crippen molar-refractivity contribution in [1.29, 1.82) is 0 Å². The van der Waals surface area contributed by atoms with Crippen molar-refractivity contribution in [2.75, 3.05) is 0 Å². The summed E-state index contributed by atoms with van der Waals surface area (Å²) in [6.45, 7) is 4.66. The molecule has 1 aromatic heterocycles. The zero-order valence-corrected chi connectivity index (χ0v) is 10.7. The van der Waals surface area contributed by atoms with Gasteiger partial charge in [-0.1, -0.05) is 19.1 Å². The maximum atomic E-state index is 13.2. The third-order valence-electron chi connectivity index (χ3n) is 2.98. The topological polar surface area (TPSA) is 25.2 Å². The standard InChI is InChI=1S/C15H18FNO/c1-3-15(12-5-4-6-13(16)9-12)17-10-14-8-7-11(2)18-14/h4-9,15,17H,3,10H2,1-2H3.